The molecule has 0 aliphatic rings. The van der Waals surface area contributed by atoms with Crippen LogP contribution in [0.5, 0.6) is 17.2 Å². The zero-order valence-corrected chi connectivity index (χ0v) is 12.2. The summed E-state index contributed by atoms with van der Waals surface area (Å²) in [6, 6.07) is 12.1. The molecule has 0 aliphatic carbocycles. The van der Waals surface area contributed by atoms with Crippen molar-refractivity contribution < 1.29 is 19.5 Å². The van der Waals surface area contributed by atoms with E-state index in [9.17, 15) is 4.79 Å². The molecule has 0 radical (unpaired) electrons. The summed E-state index contributed by atoms with van der Waals surface area (Å²) in [7, 11) is 1.53. The lowest BCUT2D eigenvalue weighted by Crippen LogP contribution is -2.05. The first-order valence-electron chi connectivity index (χ1n) is 6.53. The van der Waals surface area contributed by atoms with Crippen LogP contribution in [0.3, 0.4) is 0 Å². The average Bonchev–Trinajstić information content (AvgIpc) is 2.50. The Morgan fingerprint density at radius 3 is 2.50 bits per heavy atom. The van der Waals surface area contributed by atoms with E-state index in [1.807, 2.05) is 0 Å². The second-order valence-corrected chi connectivity index (χ2v) is 4.46. The van der Waals surface area contributed by atoms with Crippen molar-refractivity contribution in [1.82, 2.24) is 0 Å². The SMILES string of the molecule is COc1cc(/C=N/O)ccc1Oc1ccc(NC(C)=O)cc1. The van der Waals surface area contributed by atoms with Gasteiger partial charge in [0.1, 0.15) is 5.75 Å². The summed E-state index contributed by atoms with van der Waals surface area (Å²) < 4.78 is 11.0. The van der Waals surface area contributed by atoms with E-state index in [1.165, 1.54) is 20.2 Å². The van der Waals surface area contributed by atoms with Gasteiger partial charge in [-0.3, -0.25) is 4.79 Å². The summed E-state index contributed by atoms with van der Waals surface area (Å²) in [4.78, 5) is 11.0. The van der Waals surface area contributed by atoms with Gasteiger partial charge in [0.25, 0.3) is 0 Å². The first-order chi connectivity index (χ1) is 10.6. The first-order valence-corrected chi connectivity index (χ1v) is 6.53. The number of oxime groups is 1. The van der Waals surface area contributed by atoms with Crippen LogP contribution >= 0.6 is 0 Å². The Balaban J connectivity index is 2.17. The van der Waals surface area contributed by atoms with Gasteiger partial charge in [-0.15, -0.1) is 0 Å². The van der Waals surface area contributed by atoms with Gasteiger partial charge in [-0.1, -0.05) is 5.16 Å². The van der Waals surface area contributed by atoms with Crippen molar-refractivity contribution in [3.8, 4) is 17.2 Å². The van der Waals surface area contributed by atoms with Crippen LogP contribution in [0, 0.1) is 0 Å². The molecule has 0 bridgehead atoms. The zero-order chi connectivity index (χ0) is 15.9. The molecule has 0 saturated heterocycles. The van der Waals surface area contributed by atoms with Crippen LogP contribution in [0.15, 0.2) is 47.6 Å². The molecule has 0 saturated carbocycles. The number of hydrogen-bond donors (Lipinski definition) is 2. The minimum atomic E-state index is -0.128. The Hall–Kier alpha value is -3.02. The molecule has 2 rings (SSSR count). The zero-order valence-electron chi connectivity index (χ0n) is 12.2. The van der Waals surface area contributed by atoms with Crippen LogP contribution in [-0.4, -0.2) is 24.4 Å². The molecule has 2 N–H and O–H groups in total. The van der Waals surface area contributed by atoms with E-state index in [2.05, 4.69) is 10.5 Å². The van der Waals surface area contributed by atoms with E-state index in [-0.39, 0.29) is 5.91 Å². The molecule has 0 atom stereocenters. The normalized spacial score (nSPS) is 10.5. The highest BCUT2D eigenvalue weighted by Gasteiger charge is 2.07. The monoisotopic (exact) mass is 300 g/mol. The summed E-state index contributed by atoms with van der Waals surface area (Å²) >= 11 is 0. The number of methoxy groups -OCH3 is 1. The van der Waals surface area contributed by atoms with Gasteiger partial charge < -0.3 is 20.0 Å². The number of hydrogen-bond acceptors (Lipinski definition) is 5. The summed E-state index contributed by atoms with van der Waals surface area (Å²) in [6.07, 6.45) is 1.30. The van der Waals surface area contributed by atoms with Gasteiger partial charge in [-0.05, 0) is 42.5 Å². The van der Waals surface area contributed by atoms with Crippen molar-refractivity contribution in [1.29, 1.82) is 0 Å². The predicted molar refractivity (Wildman–Crippen MR) is 83.2 cm³/mol. The van der Waals surface area contributed by atoms with Gasteiger partial charge in [0.05, 0.1) is 13.3 Å². The number of benzene rings is 2. The van der Waals surface area contributed by atoms with E-state index < -0.39 is 0 Å². The third kappa shape index (κ3) is 3.99. The molecule has 114 valence electrons. The topological polar surface area (TPSA) is 80.2 Å². The van der Waals surface area contributed by atoms with Gasteiger partial charge in [0, 0.05) is 18.2 Å². The van der Waals surface area contributed by atoms with Gasteiger partial charge in [0.2, 0.25) is 5.91 Å². The maximum Gasteiger partial charge on any atom is 0.221 e. The molecule has 2 aromatic carbocycles. The smallest absolute Gasteiger partial charge is 0.221 e. The molecular weight excluding hydrogens is 284 g/mol. The Morgan fingerprint density at radius 2 is 1.91 bits per heavy atom. The van der Waals surface area contributed by atoms with E-state index in [0.29, 0.717) is 28.5 Å². The molecule has 2 aromatic rings. The number of nitrogens with zero attached hydrogens (tertiary/aromatic N) is 1. The van der Waals surface area contributed by atoms with Gasteiger partial charge in [-0.2, -0.15) is 0 Å². The highest BCUT2D eigenvalue weighted by molar-refractivity contribution is 5.88. The van der Waals surface area contributed by atoms with Crippen LogP contribution < -0.4 is 14.8 Å². The second-order valence-electron chi connectivity index (χ2n) is 4.46. The summed E-state index contributed by atoms with van der Waals surface area (Å²) in [5, 5.41) is 14.2. The first kappa shape index (κ1) is 15.4. The van der Waals surface area contributed by atoms with Crippen molar-refractivity contribution in [2.24, 2.45) is 5.16 Å². The summed E-state index contributed by atoms with van der Waals surface area (Å²) in [5.41, 5.74) is 1.38. The predicted octanol–water partition coefficient (Wildman–Crippen LogP) is 3.25. The van der Waals surface area contributed by atoms with Crippen LogP contribution in [0.2, 0.25) is 0 Å². The molecular formula is C16H16N2O4. The second kappa shape index (κ2) is 7.12. The van der Waals surface area contributed by atoms with E-state index in [4.69, 9.17) is 14.7 Å². The number of anilines is 1. The molecule has 0 spiro atoms. The average molecular weight is 300 g/mol. The minimum Gasteiger partial charge on any atom is -0.493 e. The Morgan fingerprint density at radius 1 is 1.18 bits per heavy atom. The van der Waals surface area contributed by atoms with E-state index >= 15 is 0 Å². The van der Waals surface area contributed by atoms with Crippen molar-refractivity contribution in [2.45, 2.75) is 6.92 Å². The minimum absolute atomic E-state index is 0.128. The van der Waals surface area contributed by atoms with Crippen molar-refractivity contribution in [3.05, 3.63) is 48.0 Å². The fraction of sp³-hybridized carbons (Fsp3) is 0.125. The lowest BCUT2D eigenvalue weighted by molar-refractivity contribution is -0.114. The van der Waals surface area contributed by atoms with Crippen LogP contribution in [0.4, 0.5) is 5.69 Å². The van der Waals surface area contributed by atoms with Gasteiger partial charge >= 0.3 is 0 Å². The fourth-order valence-electron chi connectivity index (χ4n) is 1.85. The molecule has 1 amide bonds. The molecule has 6 nitrogen and oxygen atoms in total. The molecule has 0 fully saturated rings. The van der Waals surface area contributed by atoms with E-state index in [0.717, 1.165) is 0 Å². The fourth-order valence-corrected chi connectivity index (χ4v) is 1.85. The largest absolute Gasteiger partial charge is 0.493 e. The number of carbonyl (C=O) groups excluding carboxylic acids is 1. The maximum absolute atomic E-state index is 11.0. The molecule has 0 aliphatic heterocycles. The Bertz CT molecular complexity index is 681. The highest BCUT2D eigenvalue weighted by atomic mass is 16.5. The molecule has 6 heteroatoms. The van der Waals surface area contributed by atoms with Crippen LogP contribution in [0.1, 0.15) is 12.5 Å². The van der Waals surface area contributed by atoms with Crippen molar-refractivity contribution in [3.63, 3.8) is 0 Å². The lowest BCUT2D eigenvalue weighted by atomic mass is 10.2. The highest BCUT2D eigenvalue weighted by Crippen LogP contribution is 2.32. The van der Waals surface area contributed by atoms with Crippen LogP contribution in [-0.2, 0) is 4.79 Å². The standard InChI is InChI=1S/C16H16N2O4/c1-11(19)18-13-4-6-14(7-5-13)22-15-8-3-12(10-17-20)9-16(15)21-2/h3-10,20H,1-2H3,(H,18,19)/b17-10+. The van der Waals surface area contributed by atoms with Crippen molar-refractivity contribution in [2.75, 3.05) is 12.4 Å². The quantitative estimate of drug-likeness (QED) is 0.504. The van der Waals surface area contributed by atoms with Crippen molar-refractivity contribution >= 4 is 17.8 Å². The summed E-state index contributed by atoms with van der Waals surface area (Å²) in [6.45, 7) is 1.45. The number of ether oxygens (including phenoxy) is 2. The van der Waals surface area contributed by atoms with Gasteiger partial charge in [-0.25, -0.2) is 0 Å². The molecule has 0 heterocycles. The number of rotatable bonds is 5. The number of amides is 1. The number of nitrogens with one attached hydrogen (secondary N) is 1. The maximum atomic E-state index is 11.0. The van der Waals surface area contributed by atoms with Gasteiger partial charge in [0.15, 0.2) is 11.5 Å². The molecule has 0 aromatic heterocycles. The summed E-state index contributed by atoms with van der Waals surface area (Å²) in [5.74, 6) is 1.53. The third-order valence-electron chi connectivity index (χ3n) is 2.80. The Labute approximate surface area is 128 Å². The van der Waals surface area contributed by atoms with E-state index in [1.54, 1.807) is 42.5 Å². The third-order valence-corrected chi connectivity index (χ3v) is 2.80. The molecule has 0 unspecified atom stereocenters. The number of carbonyl (C=O) groups is 1. The Kier molecular flexibility index (Phi) is 4.98. The van der Waals surface area contributed by atoms with Crippen LogP contribution in [0.25, 0.3) is 0 Å². The lowest BCUT2D eigenvalue weighted by Gasteiger charge is -2.11. The molecule has 22 heavy (non-hydrogen) atoms.